The van der Waals surface area contributed by atoms with Crippen LogP contribution in [0.3, 0.4) is 0 Å². The number of epoxide rings is 1. The summed E-state index contributed by atoms with van der Waals surface area (Å²) >= 11 is 0. The quantitative estimate of drug-likeness (QED) is 0.192. The molecule has 0 amide bonds. The molecule has 26 heavy (non-hydrogen) atoms. The maximum atomic E-state index is 12.9. The van der Waals surface area contributed by atoms with Gasteiger partial charge in [-0.05, 0) is 46.0 Å². The summed E-state index contributed by atoms with van der Waals surface area (Å²) in [6.07, 6.45) is 6.15. The van der Waals surface area contributed by atoms with E-state index >= 15 is 0 Å². The van der Waals surface area contributed by atoms with E-state index in [4.69, 9.17) is 9.47 Å². The molecule has 0 spiro atoms. The largest absolute Gasteiger partial charge is 0.450 e. The number of carbonyl (C=O) groups excluding carboxylic acids is 2. The van der Waals surface area contributed by atoms with Crippen molar-refractivity contribution in [3.05, 3.63) is 24.3 Å². The molecule has 1 N–H and O–H groups in total. The van der Waals surface area contributed by atoms with Crippen LogP contribution in [0.25, 0.3) is 0 Å². The van der Waals surface area contributed by atoms with E-state index < -0.39 is 17.7 Å². The van der Waals surface area contributed by atoms with Gasteiger partial charge in [0.1, 0.15) is 5.60 Å². The summed E-state index contributed by atoms with van der Waals surface area (Å²) in [4.78, 5) is 29.5. The van der Waals surface area contributed by atoms with Crippen LogP contribution in [0.1, 0.15) is 52.9 Å². The second kappa shape index (κ2) is 6.91. The summed E-state index contributed by atoms with van der Waals surface area (Å²) < 4.78 is 11.2. The van der Waals surface area contributed by atoms with Gasteiger partial charge in [0.15, 0.2) is 11.9 Å². The average molecular weight is 364 g/mol. The highest BCUT2D eigenvalue weighted by atomic mass is 17.1. The maximum Gasteiger partial charge on any atom is 0.334 e. The number of rotatable bonds is 1. The van der Waals surface area contributed by atoms with Crippen molar-refractivity contribution >= 4 is 11.8 Å². The molecule has 0 aromatic carbocycles. The number of fused-ring (bicyclic) bond motifs is 2. The van der Waals surface area contributed by atoms with Crippen molar-refractivity contribution in [2.45, 2.75) is 76.3 Å². The first-order valence-electron chi connectivity index (χ1n) is 9.31. The summed E-state index contributed by atoms with van der Waals surface area (Å²) in [5, 5.41) is 9.28. The van der Waals surface area contributed by atoms with Gasteiger partial charge in [-0.2, -0.15) is 0 Å². The lowest BCUT2D eigenvalue weighted by Gasteiger charge is -2.24. The Labute approximate surface area is 154 Å². The van der Waals surface area contributed by atoms with Crippen molar-refractivity contribution < 1.29 is 29.2 Å². The first-order chi connectivity index (χ1) is 12.2. The van der Waals surface area contributed by atoms with E-state index in [0.29, 0.717) is 37.7 Å². The monoisotopic (exact) mass is 364 g/mol. The third-order valence-corrected chi connectivity index (χ3v) is 6.09. The third-order valence-electron chi connectivity index (χ3n) is 6.09. The molecule has 2 fully saturated rings. The molecule has 0 aromatic rings. The van der Waals surface area contributed by atoms with E-state index in [0.717, 1.165) is 0 Å². The van der Waals surface area contributed by atoms with Crippen molar-refractivity contribution in [2.75, 3.05) is 0 Å². The zero-order chi connectivity index (χ0) is 19.1. The number of esters is 1. The lowest BCUT2D eigenvalue weighted by atomic mass is 9.82. The topological polar surface area (TPSA) is 85.4 Å². The van der Waals surface area contributed by atoms with Crippen LogP contribution in [0, 0.1) is 11.8 Å². The second-order valence-corrected chi connectivity index (χ2v) is 8.32. The van der Waals surface area contributed by atoms with Gasteiger partial charge in [-0.15, -0.1) is 0 Å². The van der Waals surface area contributed by atoms with Gasteiger partial charge in [-0.25, -0.2) is 9.68 Å². The van der Waals surface area contributed by atoms with Crippen LogP contribution < -0.4 is 0 Å². The predicted molar refractivity (Wildman–Crippen MR) is 94.3 cm³/mol. The molecule has 0 bridgehead atoms. The Kier molecular flexibility index (Phi) is 5.12. The molecular weight excluding hydrogens is 336 g/mol. The lowest BCUT2D eigenvalue weighted by Crippen LogP contribution is -2.33. The van der Waals surface area contributed by atoms with E-state index in [-0.39, 0.29) is 29.3 Å². The molecule has 1 aliphatic carbocycles. The van der Waals surface area contributed by atoms with E-state index in [1.165, 1.54) is 0 Å². The number of hydrogen-bond acceptors (Lipinski definition) is 6. The van der Waals surface area contributed by atoms with Crippen molar-refractivity contribution in [3.63, 3.8) is 0 Å². The zero-order valence-corrected chi connectivity index (χ0v) is 15.7. The number of hydrogen-bond donors (Lipinski definition) is 1. The molecule has 6 nitrogen and oxygen atoms in total. The van der Waals surface area contributed by atoms with E-state index in [1.807, 2.05) is 32.9 Å². The minimum Gasteiger partial charge on any atom is -0.450 e. The van der Waals surface area contributed by atoms with E-state index in [1.54, 1.807) is 0 Å². The molecule has 0 saturated carbocycles. The first-order valence-corrected chi connectivity index (χ1v) is 9.31. The number of ether oxygens (including phenoxy) is 2. The fraction of sp³-hybridized carbons (Fsp3) is 0.700. The molecule has 144 valence electrons. The van der Waals surface area contributed by atoms with Crippen LogP contribution >= 0.6 is 0 Å². The SMILES string of the molecule is C=C1C(=O)OC2C(=O)C(C)CCC[C@](C)(OO)/C=C/CC3(C)OC3C[C@@H]12. The van der Waals surface area contributed by atoms with Crippen LogP contribution in [-0.4, -0.2) is 40.4 Å². The summed E-state index contributed by atoms with van der Waals surface area (Å²) in [5.74, 6) is -1.11. The average Bonchev–Trinajstić information content (AvgIpc) is 3.15. The Morgan fingerprint density at radius 1 is 1.35 bits per heavy atom. The fourth-order valence-corrected chi connectivity index (χ4v) is 4.01. The Balaban J connectivity index is 1.84. The smallest absolute Gasteiger partial charge is 0.334 e. The Morgan fingerprint density at radius 3 is 2.77 bits per heavy atom. The standard InChI is InChI=1S/C20H28O6/c1-12-7-5-8-19(3,26-23)9-6-10-20(4)15(25-20)11-14-13(2)18(22)24-17(14)16(12)21/h6,9,12,14-15,17,23H,2,5,7-8,10-11H2,1,3-4H3/b9-6+/t12?,14-,15?,17?,19-,20?/m0/s1. The fourth-order valence-electron chi connectivity index (χ4n) is 4.01. The van der Waals surface area contributed by atoms with Gasteiger partial charge in [0, 0.05) is 17.4 Å². The normalized spacial score (nSPS) is 45.3. The van der Waals surface area contributed by atoms with Gasteiger partial charge in [0.05, 0.1) is 11.7 Å². The lowest BCUT2D eigenvalue weighted by molar-refractivity contribution is -0.304. The maximum absolute atomic E-state index is 12.9. The highest BCUT2D eigenvalue weighted by Gasteiger charge is 2.55. The van der Waals surface area contributed by atoms with Crippen molar-refractivity contribution in [3.8, 4) is 0 Å². The summed E-state index contributed by atoms with van der Waals surface area (Å²) in [5.41, 5.74) is -0.760. The summed E-state index contributed by atoms with van der Waals surface area (Å²) in [6.45, 7) is 9.52. The summed E-state index contributed by atoms with van der Waals surface area (Å²) in [6, 6.07) is 0. The molecule has 0 aromatic heterocycles. The van der Waals surface area contributed by atoms with Crippen molar-refractivity contribution in [1.29, 1.82) is 0 Å². The third kappa shape index (κ3) is 3.63. The molecule has 3 rings (SSSR count). The first kappa shape index (κ1) is 19.3. The second-order valence-electron chi connectivity index (χ2n) is 8.32. The number of ketones is 1. The molecule has 2 saturated heterocycles. The predicted octanol–water partition coefficient (Wildman–Crippen LogP) is 3.22. The van der Waals surface area contributed by atoms with Gasteiger partial charge in [0.25, 0.3) is 0 Å². The molecule has 6 atom stereocenters. The summed E-state index contributed by atoms with van der Waals surface area (Å²) in [7, 11) is 0. The minimum absolute atomic E-state index is 0.0572. The van der Waals surface area contributed by atoms with Gasteiger partial charge in [0.2, 0.25) is 0 Å². The highest BCUT2D eigenvalue weighted by molar-refractivity contribution is 5.98. The van der Waals surface area contributed by atoms with Crippen molar-refractivity contribution in [1.82, 2.24) is 0 Å². The molecule has 3 aliphatic rings. The molecule has 4 unspecified atom stereocenters. The van der Waals surface area contributed by atoms with Crippen molar-refractivity contribution in [2.24, 2.45) is 11.8 Å². The number of Topliss-reactive ketones (excluding diaryl/α,β-unsaturated/α-hetero) is 1. The highest BCUT2D eigenvalue weighted by Crippen LogP contribution is 2.47. The Hall–Kier alpha value is -1.50. The van der Waals surface area contributed by atoms with Crippen LogP contribution in [-0.2, 0) is 24.0 Å². The number of carbonyl (C=O) groups is 2. The van der Waals surface area contributed by atoms with Crippen LogP contribution in [0.4, 0.5) is 0 Å². The van der Waals surface area contributed by atoms with E-state index in [9.17, 15) is 14.8 Å². The molecule has 2 heterocycles. The van der Waals surface area contributed by atoms with Gasteiger partial charge in [-0.3, -0.25) is 10.1 Å². The van der Waals surface area contributed by atoms with Gasteiger partial charge < -0.3 is 9.47 Å². The van der Waals surface area contributed by atoms with Gasteiger partial charge in [-0.1, -0.05) is 25.7 Å². The Bertz CT molecular complexity index is 640. The zero-order valence-electron chi connectivity index (χ0n) is 15.7. The van der Waals surface area contributed by atoms with Crippen LogP contribution in [0.2, 0.25) is 0 Å². The van der Waals surface area contributed by atoms with E-state index in [2.05, 4.69) is 11.5 Å². The minimum atomic E-state index is -0.787. The Morgan fingerprint density at radius 2 is 2.08 bits per heavy atom. The molecule has 6 heteroatoms. The molecular formula is C20H28O6. The van der Waals surface area contributed by atoms with Crippen LogP contribution in [0.15, 0.2) is 24.3 Å². The van der Waals surface area contributed by atoms with Gasteiger partial charge >= 0.3 is 5.97 Å². The molecule has 0 radical (unpaired) electrons. The molecule has 2 aliphatic heterocycles. The van der Waals surface area contributed by atoms with Crippen LogP contribution in [0.5, 0.6) is 0 Å².